The summed E-state index contributed by atoms with van der Waals surface area (Å²) in [6, 6.07) is 9.16. The molecule has 2 N–H and O–H groups in total. The Balaban J connectivity index is 2.45. The Morgan fingerprint density at radius 2 is 2.38 bits per heavy atom. The van der Waals surface area contributed by atoms with Gasteiger partial charge in [-0.1, -0.05) is 12.1 Å². The summed E-state index contributed by atoms with van der Waals surface area (Å²) in [6.07, 6.45) is 0.410. The zero-order valence-corrected chi connectivity index (χ0v) is 8.64. The molecule has 0 atom stereocenters. The highest BCUT2D eigenvalue weighted by molar-refractivity contribution is 5.74. The number of ether oxygens (including phenoxy) is 1. The van der Waals surface area contributed by atoms with Crippen LogP contribution in [0.1, 0.15) is 12.0 Å². The summed E-state index contributed by atoms with van der Waals surface area (Å²) < 4.78 is 5.28. The second-order valence-corrected chi connectivity index (χ2v) is 3.12. The van der Waals surface area contributed by atoms with Crippen molar-refractivity contribution in [3.05, 3.63) is 29.8 Å². The third kappa shape index (κ3) is 3.98. The minimum Gasteiger partial charge on any atom is -0.493 e. The monoisotopic (exact) mass is 220 g/mol. The van der Waals surface area contributed by atoms with Crippen molar-refractivity contribution in [3.63, 3.8) is 0 Å². The van der Waals surface area contributed by atoms with Crippen LogP contribution in [0, 0.1) is 11.3 Å². The van der Waals surface area contributed by atoms with Crippen molar-refractivity contribution in [1.29, 1.82) is 5.26 Å². The Kier molecular flexibility index (Phi) is 4.83. The van der Waals surface area contributed by atoms with E-state index in [0.717, 1.165) is 5.56 Å². The second-order valence-electron chi connectivity index (χ2n) is 3.12. The molecule has 0 saturated carbocycles. The highest BCUT2D eigenvalue weighted by Crippen LogP contribution is 2.13. The molecule has 1 rings (SSSR count). The maximum Gasteiger partial charge on any atom is 0.246 e. The molecule has 5 nitrogen and oxygen atoms in total. The molecule has 0 aromatic heterocycles. The fourth-order valence-electron chi connectivity index (χ4n) is 1.15. The van der Waals surface area contributed by atoms with Gasteiger partial charge in [0.2, 0.25) is 5.91 Å². The Bertz CT molecular complexity index is 398. The van der Waals surface area contributed by atoms with E-state index in [9.17, 15) is 4.79 Å². The van der Waals surface area contributed by atoms with Crippen LogP contribution in [0.5, 0.6) is 5.75 Å². The van der Waals surface area contributed by atoms with E-state index in [1.54, 1.807) is 18.2 Å². The molecule has 0 aliphatic heterocycles. The van der Waals surface area contributed by atoms with Crippen LogP contribution in [-0.4, -0.2) is 17.7 Å². The van der Waals surface area contributed by atoms with Gasteiger partial charge in [-0.15, -0.1) is 0 Å². The number of hydrogen-bond acceptors (Lipinski definition) is 4. The van der Waals surface area contributed by atoms with E-state index >= 15 is 0 Å². The largest absolute Gasteiger partial charge is 0.493 e. The SMILES string of the molecule is N#CCc1cccc(OCCC(=O)NO)c1. The normalized spacial score (nSPS) is 9.25. The molecule has 0 aliphatic rings. The second kappa shape index (κ2) is 6.43. The third-order valence-corrected chi connectivity index (χ3v) is 1.90. The number of hydrogen-bond donors (Lipinski definition) is 2. The van der Waals surface area contributed by atoms with Gasteiger partial charge in [0.25, 0.3) is 0 Å². The van der Waals surface area contributed by atoms with E-state index in [1.165, 1.54) is 5.48 Å². The van der Waals surface area contributed by atoms with Crippen molar-refractivity contribution >= 4 is 5.91 Å². The van der Waals surface area contributed by atoms with Gasteiger partial charge >= 0.3 is 0 Å². The van der Waals surface area contributed by atoms with Crippen LogP contribution >= 0.6 is 0 Å². The van der Waals surface area contributed by atoms with Crippen LogP contribution in [0.25, 0.3) is 0 Å². The molecule has 0 bridgehead atoms. The summed E-state index contributed by atoms with van der Waals surface area (Å²) in [5.74, 6) is 0.117. The molecule has 0 spiro atoms. The third-order valence-electron chi connectivity index (χ3n) is 1.90. The zero-order valence-electron chi connectivity index (χ0n) is 8.64. The molecule has 0 saturated heterocycles. The summed E-state index contributed by atoms with van der Waals surface area (Å²) in [5.41, 5.74) is 2.39. The first kappa shape index (κ1) is 12.0. The molecule has 5 heteroatoms. The molecule has 0 fully saturated rings. The lowest BCUT2D eigenvalue weighted by Gasteiger charge is -2.06. The Morgan fingerprint density at radius 3 is 3.06 bits per heavy atom. The number of nitriles is 1. The van der Waals surface area contributed by atoms with Crippen molar-refractivity contribution < 1.29 is 14.7 Å². The number of nitrogens with zero attached hydrogens (tertiary/aromatic N) is 1. The van der Waals surface area contributed by atoms with Gasteiger partial charge < -0.3 is 4.74 Å². The first-order valence-electron chi connectivity index (χ1n) is 4.78. The smallest absolute Gasteiger partial charge is 0.246 e. The van der Waals surface area contributed by atoms with Crippen molar-refractivity contribution in [2.45, 2.75) is 12.8 Å². The fraction of sp³-hybridized carbons (Fsp3) is 0.273. The van der Waals surface area contributed by atoms with Gasteiger partial charge in [0.1, 0.15) is 5.75 Å². The molecule has 0 heterocycles. The lowest BCUT2D eigenvalue weighted by Crippen LogP contribution is -2.20. The van der Waals surface area contributed by atoms with Gasteiger partial charge in [-0.3, -0.25) is 10.0 Å². The molecular weight excluding hydrogens is 208 g/mol. The highest BCUT2D eigenvalue weighted by Gasteiger charge is 2.00. The number of benzene rings is 1. The van der Waals surface area contributed by atoms with E-state index in [0.29, 0.717) is 12.2 Å². The number of hydroxylamine groups is 1. The average molecular weight is 220 g/mol. The van der Waals surface area contributed by atoms with Crippen molar-refractivity contribution in [3.8, 4) is 11.8 Å². The van der Waals surface area contributed by atoms with E-state index in [2.05, 4.69) is 0 Å². The number of carbonyl (C=O) groups is 1. The predicted octanol–water partition coefficient (Wildman–Crippen LogP) is 1.03. The van der Waals surface area contributed by atoms with Gasteiger partial charge in [-0.2, -0.15) is 5.26 Å². The summed E-state index contributed by atoms with van der Waals surface area (Å²) in [7, 11) is 0. The van der Waals surface area contributed by atoms with Crippen LogP contribution in [0.2, 0.25) is 0 Å². The van der Waals surface area contributed by atoms with Gasteiger partial charge in [0.15, 0.2) is 0 Å². The van der Waals surface area contributed by atoms with Gasteiger partial charge in [-0.05, 0) is 17.7 Å². The fourth-order valence-corrected chi connectivity index (χ4v) is 1.15. The molecule has 84 valence electrons. The molecule has 0 radical (unpaired) electrons. The van der Waals surface area contributed by atoms with E-state index in [-0.39, 0.29) is 13.0 Å². The maximum absolute atomic E-state index is 10.7. The van der Waals surface area contributed by atoms with Crippen LogP contribution < -0.4 is 10.2 Å². The Hall–Kier alpha value is -2.06. The minimum atomic E-state index is -0.492. The molecular formula is C11H12N2O3. The topological polar surface area (TPSA) is 82.3 Å². The van der Waals surface area contributed by atoms with Crippen LogP contribution in [-0.2, 0) is 11.2 Å². The van der Waals surface area contributed by atoms with Gasteiger partial charge in [-0.25, -0.2) is 5.48 Å². The summed E-state index contributed by atoms with van der Waals surface area (Å²) >= 11 is 0. The number of amides is 1. The first-order valence-corrected chi connectivity index (χ1v) is 4.78. The minimum absolute atomic E-state index is 0.0823. The molecule has 1 amide bonds. The Labute approximate surface area is 93.2 Å². The summed E-state index contributed by atoms with van der Waals surface area (Å²) in [6.45, 7) is 0.183. The lowest BCUT2D eigenvalue weighted by molar-refractivity contribution is -0.129. The van der Waals surface area contributed by atoms with Gasteiger partial charge in [0, 0.05) is 0 Å². The summed E-state index contributed by atoms with van der Waals surface area (Å²) in [4.78, 5) is 10.7. The molecule has 0 aliphatic carbocycles. The maximum atomic E-state index is 10.7. The lowest BCUT2D eigenvalue weighted by atomic mass is 10.1. The van der Waals surface area contributed by atoms with Crippen molar-refractivity contribution in [2.75, 3.05) is 6.61 Å². The molecule has 0 unspecified atom stereocenters. The van der Waals surface area contributed by atoms with Crippen LogP contribution in [0.15, 0.2) is 24.3 Å². The van der Waals surface area contributed by atoms with Crippen molar-refractivity contribution in [1.82, 2.24) is 5.48 Å². The molecule has 1 aromatic rings. The van der Waals surface area contributed by atoms with E-state index < -0.39 is 5.91 Å². The molecule has 1 aromatic carbocycles. The summed E-state index contributed by atoms with van der Waals surface area (Å²) in [5, 5.41) is 16.8. The zero-order chi connectivity index (χ0) is 11.8. The van der Waals surface area contributed by atoms with Crippen LogP contribution in [0.3, 0.4) is 0 Å². The Morgan fingerprint density at radius 1 is 1.56 bits per heavy atom. The van der Waals surface area contributed by atoms with Gasteiger partial charge in [0.05, 0.1) is 25.5 Å². The van der Waals surface area contributed by atoms with E-state index in [1.807, 2.05) is 12.1 Å². The quantitative estimate of drug-likeness (QED) is 0.573. The predicted molar refractivity (Wildman–Crippen MR) is 55.8 cm³/mol. The standard InChI is InChI=1S/C11H12N2O3/c12-6-4-9-2-1-3-10(8-9)16-7-5-11(14)13-15/h1-3,8,15H,4-5,7H2,(H,13,14). The number of carbonyl (C=O) groups excluding carboxylic acids is 1. The highest BCUT2D eigenvalue weighted by atomic mass is 16.5. The van der Waals surface area contributed by atoms with Crippen LogP contribution in [0.4, 0.5) is 0 Å². The average Bonchev–Trinajstić information content (AvgIpc) is 2.30. The first-order chi connectivity index (χ1) is 7.76. The number of nitrogens with one attached hydrogen (secondary N) is 1. The van der Waals surface area contributed by atoms with E-state index in [4.69, 9.17) is 15.2 Å². The van der Waals surface area contributed by atoms with Crippen molar-refractivity contribution in [2.24, 2.45) is 0 Å². The molecule has 16 heavy (non-hydrogen) atoms. The number of rotatable bonds is 5.